The highest BCUT2D eigenvalue weighted by Gasteiger charge is 2.43. The summed E-state index contributed by atoms with van der Waals surface area (Å²) in [6, 6.07) is 8.57. The second kappa shape index (κ2) is 7.84. The van der Waals surface area contributed by atoms with Crippen LogP contribution >= 0.6 is 0 Å². The summed E-state index contributed by atoms with van der Waals surface area (Å²) in [5, 5.41) is 7.00. The molecular weight excluding hydrogens is 330 g/mol. The lowest BCUT2D eigenvalue weighted by atomic mass is 9.86. The smallest absolute Gasteiger partial charge is 0.191 e. The lowest BCUT2D eigenvalue weighted by Gasteiger charge is -2.40. The fourth-order valence-corrected chi connectivity index (χ4v) is 4.30. The third kappa shape index (κ3) is 3.81. The Morgan fingerprint density at radius 3 is 2.85 bits per heavy atom. The van der Waals surface area contributed by atoms with Gasteiger partial charge in [0.05, 0.1) is 32.0 Å². The number of benzene rings is 1. The van der Waals surface area contributed by atoms with E-state index in [1.54, 1.807) is 0 Å². The highest BCUT2D eigenvalue weighted by atomic mass is 16.6. The van der Waals surface area contributed by atoms with E-state index in [0.29, 0.717) is 26.4 Å². The van der Waals surface area contributed by atoms with Gasteiger partial charge >= 0.3 is 0 Å². The zero-order valence-electron chi connectivity index (χ0n) is 15.5. The minimum atomic E-state index is -0.0226. The monoisotopic (exact) mass is 359 g/mol. The van der Waals surface area contributed by atoms with Crippen molar-refractivity contribution >= 4 is 5.96 Å². The molecule has 4 rings (SSSR count). The second-order valence-corrected chi connectivity index (χ2v) is 7.45. The maximum atomic E-state index is 6.44. The van der Waals surface area contributed by atoms with Crippen molar-refractivity contribution in [1.29, 1.82) is 0 Å². The Morgan fingerprint density at radius 1 is 1.23 bits per heavy atom. The summed E-state index contributed by atoms with van der Waals surface area (Å²) in [7, 11) is 1.81. The van der Waals surface area contributed by atoms with Crippen molar-refractivity contribution in [3.63, 3.8) is 0 Å². The predicted molar refractivity (Wildman–Crippen MR) is 101 cm³/mol. The van der Waals surface area contributed by atoms with Gasteiger partial charge in [-0.2, -0.15) is 0 Å². The summed E-state index contributed by atoms with van der Waals surface area (Å²) in [5.74, 6) is 1.81. The molecule has 2 atom stereocenters. The van der Waals surface area contributed by atoms with Gasteiger partial charge in [0.2, 0.25) is 0 Å². The average molecular weight is 359 g/mol. The maximum Gasteiger partial charge on any atom is 0.191 e. The number of nitrogens with zero attached hydrogens (tertiary/aromatic N) is 1. The van der Waals surface area contributed by atoms with Crippen LogP contribution in [0, 0.1) is 0 Å². The largest absolute Gasteiger partial charge is 0.487 e. The standard InChI is InChI=1S/C20H29N3O3/c1-21-19(22-13-15-14-24-10-11-25-15)23-17-12-20(8-4-5-9-20)26-18-7-3-2-6-16(17)18/h2-3,6-7,15,17H,4-5,8-14H2,1H3,(H2,21,22,23). The van der Waals surface area contributed by atoms with Crippen LogP contribution in [0.3, 0.4) is 0 Å². The number of aliphatic imine (C=N–C) groups is 1. The van der Waals surface area contributed by atoms with Gasteiger partial charge in [-0.25, -0.2) is 0 Å². The fourth-order valence-electron chi connectivity index (χ4n) is 4.30. The van der Waals surface area contributed by atoms with E-state index in [2.05, 4.69) is 39.9 Å². The summed E-state index contributed by atoms with van der Waals surface area (Å²) in [6.45, 7) is 2.67. The van der Waals surface area contributed by atoms with Crippen LogP contribution in [0.4, 0.5) is 0 Å². The molecule has 6 heteroatoms. The van der Waals surface area contributed by atoms with E-state index in [1.807, 2.05) is 7.05 Å². The third-order valence-corrected chi connectivity index (χ3v) is 5.63. The molecule has 1 aromatic rings. The Balaban J connectivity index is 1.44. The lowest BCUT2D eigenvalue weighted by Crippen LogP contribution is -2.49. The van der Waals surface area contributed by atoms with Crippen molar-refractivity contribution in [2.24, 2.45) is 4.99 Å². The van der Waals surface area contributed by atoms with Gasteiger partial charge in [0.25, 0.3) is 0 Å². The number of guanidine groups is 1. The first kappa shape index (κ1) is 17.6. The predicted octanol–water partition coefficient (Wildman–Crippen LogP) is 2.40. The minimum absolute atomic E-state index is 0.0226. The van der Waals surface area contributed by atoms with Crippen LogP contribution in [0.5, 0.6) is 5.75 Å². The molecule has 1 saturated carbocycles. The van der Waals surface area contributed by atoms with Crippen LogP contribution in [0.1, 0.15) is 43.7 Å². The molecule has 0 aromatic heterocycles. The Labute approximate surface area is 155 Å². The molecule has 2 fully saturated rings. The Kier molecular flexibility index (Phi) is 5.31. The molecule has 2 aliphatic heterocycles. The van der Waals surface area contributed by atoms with Gasteiger partial charge in [-0.15, -0.1) is 0 Å². The molecule has 1 aromatic carbocycles. The molecular formula is C20H29N3O3. The molecule has 3 aliphatic rings. The number of rotatable bonds is 3. The van der Waals surface area contributed by atoms with E-state index >= 15 is 0 Å². The van der Waals surface area contributed by atoms with Gasteiger partial charge in [0.15, 0.2) is 5.96 Å². The molecule has 1 saturated heterocycles. The first-order valence-electron chi connectivity index (χ1n) is 9.72. The quantitative estimate of drug-likeness (QED) is 0.641. The van der Waals surface area contributed by atoms with Gasteiger partial charge in [-0.3, -0.25) is 4.99 Å². The van der Waals surface area contributed by atoms with E-state index < -0.39 is 0 Å². The molecule has 1 aliphatic carbocycles. The van der Waals surface area contributed by atoms with Crippen LogP contribution in [-0.2, 0) is 9.47 Å². The summed E-state index contributed by atoms with van der Waals surface area (Å²) in [5.41, 5.74) is 1.19. The normalized spacial score (nSPS) is 27.7. The van der Waals surface area contributed by atoms with Crippen LogP contribution in [-0.4, -0.2) is 51.1 Å². The van der Waals surface area contributed by atoms with E-state index in [4.69, 9.17) is 14.2 Å². The molecule has 26 heavy (non-hydrogen) atoms. The van der Waals surface area contributed by atoms with E-state index in [-0.39, 0.29) is 17.7 Å². The molecule has 2 heterocycles. The summed E-state index contributed by atoms with van der Waals surface area (Å²) in [4.78, 5) is 4.41. The van der Waals surface area contributed by atoms with Gasteiger partial charge in [0.1, 0.15) is 11.4 Å². The van der Waals surface area contributed by atoms with Crippen molar-refractivity contribution in [3.05, 3.63) is 29.8 Å². The van der Waals surface area contributed by atoms with Gasteiger partial charge < -0.3 is 24.8 Å². The van der Waals surface area contributed by atoms with E-state index in [0.717, 1.165) is 31.0 Å². The Hall–Kier alpha value is -1.79. The molecule has 2 unspecified atom stereocenters. The van der Waals surface area contributed by atoms with Crippen LogP contribution in [0.2, 0.25) is 0 Å². The number of para-hydroxylation sites is 1. The Morgan fingerprint density at radius 2 is 2.08 bits per heavy atom. The van der Waals surface area contributed by atoms with Crippen LogP contribution in [0.25, 0.3) is 0 Å². The third-order valence-electron chi connectivity index (χ3n) is 5.63. The maximum absolute atomic E-state index is 6.44. The van der Waals surface area contributed by atoms with Gasteiger partial charge in [-0.05, 0) is 31.7 Å². The SMILES string of the molecule is CN=C(NCC1COCCO1)NC1CC2(CCCC2)Oc2ccccc21. The van der Waals surface area contributed by atoms with Crippen LogP contribution in [0.15, 0.2) is 29.3 Å². The first-order valence-corrected chi connectivity index (χ1v) is 9.72. The van der Waals surface area contributed by atoms with Gasteiger partial charge in [-0.1, -0.05) is 18.2 Å². The zero-order valence-corrected chi connectivity index (χ0v) is 15.5. The van der Waals surface area contributed by atoms with E-state index in [1.165, 1.54) is 18.4 Å². The van der Waals surface area contributed by atoms with Crippen molar-refractivity contribution in [1.82, 2.24) is 10.6 Å². The van der Waals surface area contributed by atoms with Crippen molar-refractivity contribution in [2.45, 2.75) is 49.9 Å². The summed E-state index contributed by atoms with van der Waals surface area (Å²) >= 11 is 0. The number of ether oxygens (including phenoxy) is 3. The topological polar surface area (TPSA) is 64.1 Å². The molecule has 142 valence electrons. The van der Waals surface area contributed by atoms with Crippen LogP contribution < -0.4 is 15.4 Å². The minimum Gasteiger partial charge on any atom is -0.487 e. The van der Waals surface area contributed by atoms with Crippen molar-refractivity contribution < 1.29 is 14.2 Å². The summed E-state index contributed by atoms with van der Waals surface area (Å²) < 4.78 is 17.6. The summed E-state index contributed by atoms with van der Waals surface area (Å²) in [6.07, 6.45) is 5.83. The fraction of sp³-hybridized carbons (Fsp3) is 0.650. The molecule has 0 radical (unpaired) electrons. The van der Waals surface area contributed by atoms with Crippen molar-refractivity contribution in [2.75, 3.05) is 33.4 Å². The number of nitrogens with one attached hydrogen (secondary N) is 2. The van der Waals surface area contributed by atoms with Gasteiger partial charge in [0, 0.05) is 25.6 Å². The van der Waals surface area contributed by atoms with Crippen molar-refractivity contribution in [3.8, 4) is 5.75 Å². The average Bonchev–Trinajstić information content (AvgIpc) is 3.13. The first-order chi connectivity index (χ1) is 12.8. The molecule has 0 bridgehead atoms. The number of hydrogen-bond acceptors (Lipinski definition) is 4. The molecule has 1 spiro atoms. The molecule has 6 nitrogen and oxygen atoms in total. The highest BCUT2D eigenvalue weighted by Crippen LogP contribution is 2.46. The Bertz CT molecular complexity index is 637. The number of hydrogen-bond donors (Lipinski definition) is 2. The zero-order chi connectivity index (χ0) is 17.8. The highest BCUT2D eigenvalue weighted by molar-refractivity contribution is 5.80. The number of fused-ring (bicyclic) bond motifs is 1. The lowest BCUT2D eigenvalue weighted by molar-refractivity contribution is -0.0850. The van der Waals surface area contributed by atoms with E-state index in [9.17, 15) is 0 Å². The molecule has 2 N–H and O–H groups in total. The second-order valence-electron chi connectivity index (χ2n) is 7.45. The molecule has 0 amide bonds.